The molecule has 2 aromatic carbocycles. The highest BCUT2D eigenvalue weighted by atomic mass is 19.1. The van der Waals surface area contributed by atoms with E-state index in [0.717, 1.165) is 28.1 Å². The van der Waals surface area contributed by atoms with Gasteiger partial charge in [0.25, 0.3) is 0 Å². The summed E-state index contributed by atoms with van der Waals surface area (Å²) in [6, 6.07) is 17.8. The molecule has 200 valence electrons. The van der Waals surface area contributed by atoms with E-state index in [-0.39, 0.29) is 24.6 Å². The van der Waals surface area contributed by atoms with Crippen molar-refractivity contribution in [1.29, 1.82) is 0 Å². The van der Waals surface area contributed by atoms with Crippen molar-refractivity contribution in [1.82, 2.24) is 25.1 Å². The smallest absolute Gasteiger partial charge is 0.410 e. The molecule has 39 heavy (non-hydrogen) atoms. The maximum atomic E-state index is 13.4. The number of nitrogens with one attached hydrogen (secondary N) is 3. The lowest BCUT2D eigenvalue weighted by Crippen LogP contribution is -2.37. The minimum atomic E-state index is -0.377. The second-order valence-corrected chi connectivity index (χ2v) is 10.1. The Labute approximate surface area is 225 Å². The largest absolute Gasteiger partial charge is 0.445 e. The van der Waals surface area contributed by atoms with Crippen molar-refractivity contribution in [2.75, 3.05) is 17.2 Å². The normalized spacial score (nSPS) is 15.4. The Bertz CT molecular complexity index is 1450. The number of amides is 1. The number of anilines is 3. The molecule has 1 aliphatic carbocycles. The fraction of sp³-hybridized carbons (Fsp3) is 0.310. The standard InChI is InChI=1S/C29H30FN7O2/c1-18(20-9-11-22(30)12-10-20)31-28-32-24-13-14-37(29(38)39-17-19-5-3-2-4-6-19)16-23(24)27(34-28)33-26-15-25(35-36-26)21-7-8-21/h2-6,9-12,15,18,21H,7-8,13-14,16-17H2,1H3,(H3,31,32,33,34,35,36). The Hall–Kier alpha value is -4.47. The van der Waals surface area contributed by atoms with Gasteiger partial charge in [-0.1, -0.05) is 42.5 Å². The van der Waals surface area contributed by atoms with Gasteiger partial charge in [0.2, 0.25) is 5.95 Å². The van der Waals surface area contributed by atoms with Crippen LogP contribution < -0.4 is 10.6 Å². The van der Waals surface area contributed by atoms with Crippen molar-refractivity contribution in [2.24, 2.45) is 0 Å². The van der Waals surface area contributed by atoms with Crippen molar-refractivity contribution in [2.45, 2.75) is 51.3 Å². The van der Waals surface area contributed by atoms with Crippen LogP contribution >= 0.6 is 0 Å². The monoisotopic (exact) mass is 527 g/mol. The molecule has 0 saturated heterocycles. The Morgan fingerprint density at radius 3 is 2.72 bits per heavy atom. The lowest BCUT2D eigenvalue weighted by molar-refractivity contribution is 0.0916. The van der Waals surface area contributed by atoms with Gasteiger partial charge in [0.05, 0.1) is 18.3 Å². The van der Waals surface area contributed by atoms with Gasteiger partial charge in [-0.3, -0.25) is 5.10 Å². The SMILES string of the molecule is CC(Nc1nc2c(c(Nc3cc(C4CC4)[nH]n3)n1)CN(C(=O)OCc1ccccc1)CC2)c1ccc(F)cc1. The summed E-state index contributed by atoms with van der Waals surface area (Å²) in [5, 5.41) is 14.2. The van der Waals surface area contributed by atoms with Gasteiger partial charge < -0.3 is 20.3 Å². The summed E-state index contributed by atoms with van der Waals surface area (Å²) in [4.78, 5) is 24.2. The zero-order valence-corrected chi connectivity index (χ0v) is 21.7. The molecule has 3 heterocycles. The average Bonchev–Trinajstić information content (AvgIpc) is 3.70. The van der Waals surface area contributed by atoms with E-state index in [1.54, 1.807) is 17.0 Å². The molecule has 1 unspecified atom stereocenters. The maximum Gasteiger partial charge on any atom is 0.410 e. The molecule has 3 N–H and O–H groups in total. The number of rotatable bonds is 8. The molecule has 1 aliphatic heterocycles. The zero-order valence-electron chi connectivity index (χ0n) is 21.7. The first kappa shape index (κ1) is 24.8. The van der Waals surface area contributed by atoms with Crippen molar-refractivity contribution in [3.8, 4) is 0 Å². The number of hydrogen-bond donors (Lipinski definition) is 3. The highest BCUT2D eigenvalue weighted by Gasteiger charge is 2.28. The lowest BCUT2D eigenvalue weighted by atomic mass is 10.1. The number of fused-ring (bicyclic) bond motifs is 1. The van der Waals surface area contributed by atoms with Crippen LogP contribution in [0.2, 0.25) is 0 Å². The van der Waals surface area contributed by atoms with Crippen LogP contribution in [-0.2, 0) is 24.3 Å². The topological polar surface area (TPSA) is 108 Å². The summed E-state index contributed by atoms with van der Waals surface area (Å²) in [5.41, 5.74) is 4.64. The molecule has 2 aliphatic rings. The molecule has 6 rings (SSSR count). The molecule has 10 heteroatoms. The first-order valence-electron chi connectivity index (χ1n) is 13.2. The van der Waals surface area contributed by atoms with Gasteiger partial charge in [0, 0.05) is 36.2 Å². The van der Waals surface area contributed by atoms with Crippen LogP contribution in [0.5, 0.6) is 0 Å². The van der Waals surface area contributed by atoms with Gasteiger partial charge in [0.1, 0.15) is 18.2 Å². The van der Waals surface area contributed by atoms with E-state index < -0.39 is 0 Å². The quantitative estimate of drug-likeness (QED) is 0.265. The first-order chi connectivity index (χ1) is 19.0. The van der Waals surface area contributed by atoms with E-state index >= 15 is 0 Å². The lowest BCUT2D eigenvalue weighted by Gasteiger charge is -2.29. The van der Waals surface area contributed by atoms with Gasteiger partial charge in [-0.05, 0) is 43.0 Å². The number of nitrogens with zero attached hydrogens (tertiary/aromatic N) is 4. The van der Waals surface area contributed by atoms with Gasteiger partial charge in [-0.25, -0.2) is 14.2 Å². The molecular formula is C29H30FN7O2. The van der Waals surface area contributed by atoms with Gasteiger partial charge in [-0.2, -0.15) is 10.1 Å². The Balaban J connectivity index is 1.23. The molecule has 1 fully saturated rings. The van der Waals surface area contributed by atoms with E-state index in [0.29, 0.717) is 43.0 Å². The van der Waals surface area contributed by atoms with Crippen molar-refractivity contribution < 1.29 is 13.9 Å². The van der Waals surface area contributed by atoms with Gasteiger partial charge >= 0.3 is 6.09 Å². The fourth-order valence-electron chi connectivity index (χ4n) is 4.70. The minimum Gasteiger partial charge on any atom is -0.445 e. The second kappa shape index (κ2) is 10.7. The molecule has 0 radical (unpaired) electrons. The Kier molecular flexibility index (Phi) is 6.83. The highest BCUT2D eigenvalue weighted by molar-refractivity contribution is 5.69. The van der Waals surface area contributed by atoms with Crippen LogP contribution in [0, 0.1) is 5.82 Å². The van der Waals surface area contributed by atoms with Crippen LogP contribution in [0.1, 0.15) is 59.8 Å². The first-order valence-corrected chi connectivity index (χ1v) is 13.2. The number of H-pyrrole nitrogens is 1. The predicted octanol–water partition coefficient (Wildman–Crippen LogP) is 5.83. The van der Waals surface area contributed by atoms with Crippen molar-refractivity contribution in [3.63, 3.8) is 0 Å². The molecule has 9 nitrogen and oxygen atoms in total. The fourth-order valence-corrected chi connectivity index (χ4v) is 4.70. The molecule has 1 amide bonds. The molecule has 0 bridgehead atoms. The minimum absolute atomic E-state index is 0.142. The van der Waals surface area contributed by atoms with E-state index in [2.05, 4.69) is 20.8 Å². The summed E-state index contributed by atoms with van der Waals surface area (Å²) >= 11 is 0. The highest BCUT2D eigenvalue weighted by Crippen LogP contribution is 2.40. The molecule has 0 spiro atoms. The number of hydrogen-bond acceptors (Lipinski definition) is 7. The third-order valence-corrected chi connectivity index (χ3v) is 7.10. The van der Waals surface area contributed by atoms with Gasteiger partial charge in [-0.15, -0.1) is 0 Å². The number of ether oxygens (including phenoxy) is 1. The second-order valence-electron chi connectivity index (χ2n) is 10.1. The van der Waals surface area contributed by atoms with E-state index in [4.69, 9.17) is 14.7 Å². The van der Waals surface area contributed by atoms with Crippen LogP contribution in [0.25, 0.3) is 0 Å². The van der Waals surface area contributed by atoms with Crippen molar-refractivity contribution >= 4 is 23.7 Å². The van der Waals surface area contributed by atoms with Crippen LogP contribution in [0.3, 0.4) is 0 Å². The summed E-state index contributed by atoms with van der Waals surface area (Å²) in [6.45, 7) is 2.99. The molecule has 2 aromatic heterocycles. The maximum absolute atomic E-state index is 13.4. The molecule has 1 saturated carbocycles. The van der Waals surface area contributed by atoms with Crippen LogP contribution in [0.4, 0.5) is 26.8 Å². The molecular weight excluding hydrogens is 497 g/mol. The number of carbonyl (C=O) groups excluding carboxylic acids is 1. The van der Waals surface area contributed by atoms with E-state index in [1.165, 1.54) is 25.0 Å². The zero-order chi connectivity index (χ0) is 26.8. The summed E-state index contributed by atoms with van der Waals surface area (Å²) in [5.74, 6) is 1.96. The number of benzene rings is 2. The van der Waals surface area contributed by atoms with Gasteiger partial charge in [0.15, 0.2) is 5.82 Å². The summed E-state index contributed by atoms with van der Waals surface area (Å²) < 4.78 is 19.0. The van der Waals surface area contributed by atoms with E-state index in [9.17, 15) is 9.18 Å². The Morgan fingerprint density at radius 1 is 1.15 bits per heavy atom. The number of aromatic amines is 1. The summed E-state index contributed by atoms with van der Waals surface area (Å²) in [7, 11) is 0. The molecule has 1 atom stereocenters. The molecule has 4 aromatic rings. The van der Waals surface area contributed by atoms with Crippen molar-refractivity contribution in [3.05, 3.63) is 94.6 Å². The Morgan fingerprint density at radius 2 is 1.95 bits per heavy atom. The number of aromatic nitrogens is 4. The predicted molar refractivity (Wildman–Crippen MR) is 145 cm³/mol. The number of carbonyl (C=O) groups is 1. The van der Waals surface area contributed by atoms with Crippen LogP contribution in [-0.4, -0.2) is 37.7 Å². The summed E-state index contributed by atoms with van der Waals surface area (Å²) in [6.07, 6.45) is 2.51. The number of halogens is 1. The van der Waals surface area contributed by atoms with E-state index in [1.807, 2.05) is 43.3 Å². The average molecular weight is 528 g/mol. The third-order valence-electron chi connectivity index (χ3n) is 7.10. The van der Waals surface area contributed by atoms with Crippen LogP contribution in [0.15, 0.2) is 60.7 Å². The third kappa shape index (κ3) is 5.84.